The number of carboxylic acids is 1. The van der Waals surface area contributed by atoms with E-state index in [0.717, 1.165) is 43.0 Å². The van der Waals surface area contributed by atoms with E-state index in [4.69, 9.17) is 11.6 Å². The molecule has 1 aromatic heterocycles. The molecule has 12 nitrogen and oxygen atoms in total. The van der Waals surface area contributed by atoms with Crippen molar-refractivity contribution in [1.82, 2.24) is 30.4 Å². The highest BCUT2D eigenvalue weighted by Gasteiger charge is 2.37. The lowest BCUT2D eigenvalue weighted by Gasteiger charge is -2.39. The van der Waals surface area contributed by atoms with Gasteiger partial charge in [-0.1, -0.05) is 23.7 Å². The summed E-state index contributed by atoms with van der Waals surface area (Å²) in [7, 11) is 0. The van der Waals surface area contributed by atoms with Gasteiger partial charge < -0.3 is 25.5 Å². The summed E-state index contributed by atoms with van der Waals surface area (Å²) in [6.07, 6.45) is 5.09. The first kappa shape index (κ1) is 29.0. The van der Waals surface area contributed by atoms with Crippen molar-refractivity contribution in [2.45, 2.75) is 12.5 Å². The number of aromatic carboxylic acids is 1. The van der Waals surface area contributed by atoms with Gasteiger partial charge in [0, 0.05) is 60.8 Å². The molecule has 0 spiro atoms. The first-order valence-corrected chi connectivity index (χ1v) is 14.5. The van der Waals surface area contributed by atoms with Gasteiger partial charge in [-0.3, -0.25) is 9.59 Å². The lowest BCUT2D eigenvalue weighted by molar-refractivity contribution is -0.135. The Morgan fingerprint density at radius 3 is 2.52 bits per heavy atom. The fraction of sp³-hybridized carbons (Fsp3) is 0.226. The van der Waals surface area contributed by atoms with Crippen LogP contribution in [0.5, 0.6) is 0 Å². The van der Waals surface area contributed by atoms with E-state index in [1.165, 1.54) is 41.4 Å². The van der Waals surface area contributed by atoms with Crippen molar-refractivity contribution in [3.63, 3.8) is 0 Å². The number of nitrogens with zero attached hydrogens (tertiary/aromatic N) is 6. The van der Waals surface area contributed by atoms with Crippen LogP contribution in [0.25, 0.3) is 11.8 Å². The zero-order valence-electron chi connectivity index (χ0n) is 23.6. The van der Waals surface area contributed by atoms with Crippen molar-refractivity contribution in [2.24, 2.45) is 0 Å². The monoisotopic (exact) mass is 612 g/mol. The Morgan fingerprint density at radius 1 is 1.00 bits per heavy atom. The average molecular weight is 613 g/mol. The second kappa shape index (κ2) is 12.7. The summed E-state index contributed by atoms with van der Waals surface area (Å²) in [5.74, 6) is -1.81. The van der Waals surface area contributed by atoms with Crippen LogP contribution in [0.3, 0.4) is 0 Å². The molecule has 2 aliphatic rings. The molecule has 224 valence electrons. The Bertz CT molecular complexity index is 1720. The number of hydrogen-bond donors (Lipinski definition) is 3. The number of benzene rings is 3. The summed E-state index contributed by atoms with van der Waals surface area (Å²) in [6, 6.07) is 16.1. The number of nitrogens with one attached hydrogen (secondary N) is 2. The molecule has 3 heterocycles. The second-order valence-corrected chi connectivity index (χ2v) is 10.9. The van der Waals surface area contributed by atoms with Crippen LogP contribution in [-0.4, -0.2) is 80.7 Å². The smallest absolute Gasteiger partial charge is 0.335 e. The molecule has 0 bridgehead atoms. The third-order valence-electron chi connectivity index (χ3n) is 7.78. The minimum atomic E-state index is -1.06. The van der Waals surface area contributed by atoms with Gasteiger partial charge in [0.2, 0.25) is 5.91 Å². The van der Waals surface area contributed by atoms with Gasteiger partial charge in [0.15, 0.2) is 0 Å². The Kier molecular flexibility index (Phi) is 8.35. The topological polar surface area (TPSA) is 146 Å². The van der Waals surface area contributed by atoms with Crippen LogP contribution < -0.4 is 15.5 Å². The number of piperazine rings is 1. The molecule has 13 heteroatoms. The molecule has 0 radical (unpaired) electrons. The summed E-state index contributed by atoms with van der Waals surface area (Å²) >= 11 is 6.26. The number of aromatic nitrogens is 4. The van der Waals surface area contributed by atoms with Gasteiger partial charge in [-0.2, -0.15) is 4.68 Å². The molecule has 1 fully saturated rings. The molecule has 4 aromatic rings. The molecule has 6 rings (SSSR count). The molecular formula is C31H29ClN8O4. The molecule has 44 heavy (non-hydrogen) atoms. The van der Waals surface area contributed by atoms with E-state index in [2.05, 4.69) is 37.1 Å². The van der Waals surface area contributed by atoms with E-state index in [1.807, 2.05) is 12.1 Å². The molecule has 0 aliphatic carbocycles. The van der Waals surface area contributed by atoms with E-state index < -0.39 is 17.9 Å². The molecule has 0 saturated carbocycles. The summed E-state index contributed by atoms with van der Waals surface area (Å²) in [6.45, 7) is 3.75. The van der Waals surface area contributed by atoms with Gasteiger partial charge in [0.25, 0.3) is 5.91 Å². The highest BCUT2D eigenvalue weighted by Crippen LogP contribution is 2.37. The van der Waals surface area contributed by atoms with E-state index in [1.54, 1.807) is 29.2 Å². The van der Waals surface area contributed by atoms with Crippen molar-refractivity contribution in [1.29, 1.82) is 0 Å². The predicted molar refractivity (Wildman–Crippen MR) is 165 cm³/mol. The zero-order chi connectivity index (χ0) is 30.6. The van der Waals surface area contributed by atoms with Gasteiger partial charge in [-0.05, 0) is 82.6 Å². The number of carbonyl (C=O) groups excluding carboxylic acids is 2. The third-order valence-corrected chi connectivity index (χ3v) is 8.01. The maximum absolute atomic E-state index is 14.0. The van der Waals surface area contributed by atoms with Crippen LogP contribution >= 0.6 is 11.6 Å². The zero-order valence-corrected chi connectivity index (χ0v) is 24.3. The van der Waals surface area contributed by atoms with Crippen LogP contribution in [0.1, 0.15) is 33.1 Å². The summed E-state index contributed by atoms with van der Waals surface area (Å²) in [5.41, 5.74) is 4.66. The van der Waals surface area contributed by atoms with Crippen molar-refractivity contribution in [2.75, 3.05) is 42.9 Å². The Labute approximate surface area is 257 Å². The van der Waals surface area contributed by atoms with Gasteiger partial charge in [-0.25, -0.2) is 4.79 Å². The van der Waals surface area contributed by atoms with Crippen LogP contribution in [0.4, 0.5) is 11.4 Å². The largest absolute Gasteiger partial charge is 0.478 e. The van der Waals surface area contributed by atoms with E-state index in [-0.39, 0.29) is 11.5 Å². The Morgan fingerprint density at radius 2 is 1.80 bits per heavy atom. The first-order chi connectivity index (χ1) is 21.4. The fourth-order valence-corrected chi connectivity index (χ4v) is 5.86. The predicted octanol–water partition coefficient (Wildman–Crippen LogP) is 3.20. The third kappa shape index (κ3) is 6.03. The van der Waals surface area contributed by atoms with Crippen molar-refractivity contribution in [3.05, 3.63) is 100 Å². The number of halogens is 1. The van der Waals surface area contributed by atoms with Crippen LogP contribution in [0.15, 0.2) is 73.1 Å². The highest BCUT2D eigenvalue weighted by molar-refractivity contribution is 6.30. The molecule has 1 saturated heterocycles. The number of hydrogen-bond acceptors (Lipinski definition) is 8. The SMILES string of the molecule is O=C(O)c1ccc(NC(=O)C2c3cccc(N4CCNCC4)c3CCN2C(=O)/C=C/c2cc(Cl)ccc2-n2cnnn2)cc1. The first-order valence-electron chi connectivity index (χ1n) is 14.1. The molecule has 1 atom stereocenters. The maximum Gasteiger partial charge on any atom is 0.335 e. The van der Waals surface area contributed by atoms with Crippen molar-refractivity contribution >= 4 is 46.8 Å². The number of fused-ring (bicyclic) bond motifs is 1. The number of carboxylic acid groups (broad SMARTS) is 1. The van der Waals surface area contributed by atoms with E-state index in [9.17, 15) is 19.5 Å². The molecule has 3 aromatic carbocycles. The molecule has 2 amide bonds. The summed E-state index contributed by atoms with van der Waals surface area (Å²) < 4.78 is 1.47. The molecular weight excluding hydrogens is 584 g/mol. The summed E-state index contributed by atoms with van der Waals surface area (Å²) in [5, 5.41) is 27.3. The second-order valence-electron chi connectivity index (χ2n) is 10.4. The number of carbonyl (C=O) groups is 3. The minimum absolute atomic E-state index is 0.107. The number of anilines is 2. The van der Waals surface area contributed by atoms with E-state index >= 15 is 0 Å². The Balaban J connectivity index is 1.34. The number of amides is 2. The maximum atomic E-state index is 14.0. The minimum Gasteiger partial charge on any atom is -0.478 e. The van der Waals surface area contributed by atoms with Gasteiger partial charge >= 0.3 is 5.97 Å². The van der Waals surface area contributed by atoms with Gasteiger partial charge in [-0.15, -0.1) is 5.10 Å². The highest BCUT2D eigenvalue weighted by atomic mass is 35.5. The lowest BCUT2D eigenvalue weighted by Crippen LogP contribution is -2.47. The fourth-order valence-electron chi connectivity index (χ4n) is 5.67. The van der Waals surface area contributed by atoms with Crippen LogP contribution in [0.2, 0.25) is 5.02 Å². The van der Waals surface area contributed by atoms with Crippen LogP contribution in [0, 0.1) is 0 Å². The Hall–Kier alpha value is -5.07. The molecule has 1 unspecified atom stereocenters. The molecule has 2 aliphatic heterocycles. The van der Waals surface area contributed by atoms with Crippen LogP contribution in [-0.2, 0) is 16.0 Å². The summed E-state index contributed by atoms with van der Waals surface area (Å²) in [4.78, 5) is 43.0. The standard InChI is InChI=1S/C31H29ClN8O4/c32-22-7-10-26(40-19-34-36-37-40)21(18-22)6-11-28(41)39-15-12-24-25(2-1-3-27(24)38-16-13-33-14-17-38)29(39)30(42)35-23-8-4-20(5-9-23)31(43)44/h1-11,18-19,29,33H,12-17H2,(H,35,42)(H,43,44)/b11-6+. The number of tetrazole rings is 1. The quantitative estimate of drug-likeness (QED) is 0.268. The lowest BCUT2D eigenvalue weighted by atomic mass is 9.89. The van der Waals surface area contributed by atoms with Crippen molar-refractivity contribution < 1.29 is 19.5 Å². The van der Waals surface area contributed by atoms with Gasteiger partial charge in [0.05, 0.1) is 11.3 Å². The van der Waals surface area contributed by atoms with Crippen molar-refractivity contribution in [3.8, 4) is 5.69 Å². The van der Waals surface area contributed by atoms with Gasteiger partial charge in [0.1, 0.15) is 12.4 Å². The normalized spacial score (nSPS) is 16.5. The average Bonchev–Trinajstić information content (AvgIpc) is 3.58. The van der Waals surface area contributed by atoms with E-state index in [0.29, 0.717) is 34.9 Å². The molecule has 3 N–H and O–H groups in total. The number of rotatable bonds is 7.